The number of carbonyl (C=O) groups is 2. The Kier molecular flexibility index (Phi) is 9.31. The highest BCUT2D eigenvalue weighted by atomic mass is 35.5. The quantitative estimate of drug-likeness (QED) is 0.546. The predicted octanol–water partition coefficient (Wildman–Crippen LogP) is 3.75. The molecule has 2 rings (SSSR count). The van der Waals surface area contributed by atoms with Crippen LogP contribution in [0.5, 0.6) is 0 Å². The van der Waals surface area contributed by atoms with Gasteiger partial charge in [-0.2, -0.15) is 0 Å². The lowest BCUT2D eigenvalue weighted by Crippen LogP contribution is -2.52. The van der Waals surface area contributed by atoms with Crippen molar-refractivity contribution in [1.29, 1.82) is 0 Å². The fraction of sp³-hybridized carbons (Fsp3) is 0.417. The van der Waals surface area contributed by atoms with Crippen LogP contribution in [0.15, 0.2) is 48.5 Å². The molecule has 9 heteroatoms. The number of amides is 2. The van der Waals surface area contributed by atoms with Crippen LogP contribution in [0, 0.1) is 6.92 Å². The van der Waals surface area contributed by atoms with Gasteiger partial charge in [-0.25, -0.2) is 8.42 Å². The van der Waals surface area contributed by atoms with Crippen LogP contribution in [-0.4, -0.2) is 50.0 Å². The number of halogens is 1. The van der Waals surface area contributed by atoms with Crippen LogP contribution in [0.2, 0.25) is 5.02 Å². The van der Waals surface area contributed by atoms with Gasteiger partial charge in [-0.05, 0) is 56.5 Å². The Bertz CT molecular complexity index is 1090. The first-order chi connectivity index (χ1) is 15.4. The van der Waals surface area contributed by atoms with E-state index < -0.39 is 28.5 Å². The molecule has 0 bridgehead atoms. The van der Waals surface area contributed by atoms with E-state index in [0.717, 1.165) is 22.5 Å². The number of aryl methyl sites for hydroxylation is 1. The molecule has 0 aliphatic rings. The molecule has 0 fully saturated rings. The zero-order valence-electron chi connectivity index (χ0n) is 19.7. The summed E-state index contributed by atoms with van der Waals surface area (Å²) < 4.78 is 26.2. The van der Waals surface area contributed by atoms with Gasteiger partial charge in [0.05, 0.1) is 11.9 Å². The van der Waals surface area contributed by atoms with Crippen molar-refractivity contribution in [1.82, 2.24) is 10.2 Å². The van der Waals surface area contributed by atoms with E-state index in [-0.39, 0.29) is 18.5 Å². The van der Waals surface area contributed by atoms with Crippen LogP contribution in [0.25, 0.3) is 0 Å². The Balaban J connectivity index is 2.40. The van der Waals surface area contributed by atoms with Crippen LogP contribution in [-0.2, 0) is 26.2 Å². The van der Waals surface area contributed by atoms with Crippen LogP contribution in [0.4, 0.5) is 5.69 Å². The van der Waals surface area contributed by atoms with E-state index in [1.807, 2.05) is 26.8 Å². The summed E-state index contributed by atoms with van der Waals surface area (Å²) in [5.74, 6) is -0.820. The summed E-state index contributed by atoms with van der Waals surface area (Å²) in [6.07, 6.45) is 1.80. The second kappa shape index (κ2) is 11.5. The van der Waals surface area contributed by atoms with Crippen LogP contribution >= 0.6 is 11.6 Å². The van der Waals surface area contributed by atoms with E-state index in [9.17, 15) is 18.0 Å². The molecule has 7 nitrogen and oxygen atoms in total. The first-order valence-corrected chi connectivity index (χ1v) is 13.0. The summed E-state index contributed by atoms with van der Waals surface area (Å²) in [5, 5.41) is 3.35. The van der Waals surface area contributed by atoms with Gasteiger partial charge in [0.15, 0.2) is 0 Å². The second-order valence-electron chi connectivity index (χ2n) is 8.22. The van der Waals surface area contributed by atoms with Crippen molar-refractivity contribution in [2.45, 2.75) is 52.7 Å². The van der Waals surface area contributed by atoms with E-state index in [1.54, 1.807) is 49.4 Å². The average molecular weight is 494 g/mol. The Morgan fingerprint density at radius 1 is 1.09 bits per heavy atom. The molecule has 33 heavy (non-hydrogen) atoms. The third-order valence-corrected chi connectivity index (χ3v) is 6.95. The van der Waals surface area contributed by atoms with E-state index in [2.05, 4.69) is 5.32 Å². The Morgan fingerprint density at radius 2 is 1.76 bits per heavy atom. The highest BCUT2D eigenvalue weighted by Crippen LogP contribution is 2.22. The van der Waals surface area contributed by atoms with Crippen molar-refractivity contribution < 1.29 is 18.0 Å². The number of nitrogens with zero attached hydrogens (tertiary/aromatic N) is 2. The summed E-state index contributed by atoms with van der Waals surface area (Å²) in [4.78, 5) is 27.7. The van der Waals surface area contributed by atoms with Gasteiger partial charge in [0.1, 0.15) is 12.6 Å². The lowest BCUT2D eigenvalue weighted by molar-refractivity contribution is -0.139. The molecule has 0 aliphatic heterocycles. The molecule has 0 spiro atoms. The first kappa shape index (κ1) is 26.7. The maximum absolute atomic E-state index is 13.5. The molecule has 2 aromatic rings. The van der Waals surface area contributed by atoms with Crippen molar-refractivity contribution >= 4 is 39.1 Å². The lowest BCUT2D eigenvalue weighted by Gasteiger charge is -2.32. The number of carbonyl (C=O) groups excluding carboxylic acids is 2. The number of hydrogen-bond acceptors (Lipinski definition) is 4. The zero-order chi connectivity index (χ0) is 24.8. The monoisotopic (exact) mass is 493 g/mol. The van der Waals surface area contributed by atoms with E-state index in [4.69, 9.17) is 11.6 Å². The van der Waals surface area contributed by atoms with Gasteiger partial charge in [0.2, 0.25) is 21.8 Å². The van der Waals surface area contributed by atoms with E-state index >= 15 is 0 Å². The minimum Gasteiger partial charge on any atom is -0.352 e. The summed E-state index contributed by atoms with van der Waals surface area (Å²) in [6.45, 7) is 6.94. The Hall–Kier alpha value is -2.58. The van der Waals surface area contributed by atoms with Gasteiger partial charge in [-0.15, -0.1) is 0 Å². The van der Waals surface area contributed by atoms with Crippen LogP contribution in [0.1, 0.15) is 38.3 Å². The third kappa shape index (κ3) is 7.47. The average Bonchev–Trinajstić information content (AvgIpc) is 2.75. The Morgan fingerprint density at radius 3 is 2.33 bits per heavy atom. The fourth-order valence-corrected chi connectivity index (χ4v) is 4.29. The minimum atomic E-state index is -3.75. The predicted molar refractivity (Wildman–Crippen MR) is 133 cm³/mol. The van der Waals surface area contributed by atoms with Gasteiger partial charge in [-0.1, -0.05) is 48.9 Å². The SMILES string of the molecule is CC[C@@H](C)NC(=O)[C@@H](C)N(Cc1ccccc1Cl)C(=O)CN(c1cccc(C)c1)S(C)(=O)=O. The summed E-state index contributed by atoms with van der Waals surface area (Å²) in [5.41, 5.74) is 1.92. The fourth-order valence-electron chi connectivity index (χ4n) is 3.26. The van der Waals surface area contributed by atoms with Gasteiger partial charge >= 0.3 is 0 Å². The van der Waals surface area contributed by atoms with Crippen molar-refractivity contribution in [2.24, 2.45) is 0 Å². The molecule has 2 aromatic carbocycles. The molecule has 0 unspecified atom stereocenters. The number of nitrogens with one attached hydrogen (secondary N) is 1. The maximum Gasteiger partial charge on any atom is 0.244 e. The van der Waals surface area contributed by atoms with Gasteiger partial charge in [0.25, 0.3) is 0 Å². The van der Waals surface area contributed by atoms with Crippen LogP contribution < -0.4 is 9.62 Å². The van der Waals surface area contributed by atoms with Crippen LogP contribution in [0.3, 0.4) is 0 Å². The van der Waals surface area contributed by atoms with Crippen molar-refractivity contribution in [3.05, 3.63) is 64.7 Å². The van der Waals surface area contributed by atoms with E-state index in [1.165, 1.54) is 4.90 Å². The van der Waals surface area contributed by atoms with Gasteiger partial charge < -0.3 is 10.2 Å². The van der Waals surface area contributed by atoms with E-state index in [0.29, 0.717) is 16.3 Å². The molecule has 0 radical (unpaired) electrons. The second-order valence-corrected chi connectivity index (χ2v) is 10.5. The third-order valence-electron chi connectivity index (χ3n) is 5.44. The molecule has 0 saturated carbocycles. The number of anilines is 1. The Labute approximate surface area is 201 Å². The molecule has 0 heterocycles. The molecule has 0 aromatic heterocycles. The molecule has 0 aliphatic carbocycles. The first-order valence-electron chi connectivity index (χ1n) is 10.8. The van der Waals surface area contributed by atoms with Gasteiger partial charge in [-0.3, -0.25) is 13.9 Å². The summed E-state index contributed by atoms with van der Waals surface area (Å²) >= 11 is 6.31. The highest BCUT2D eigenvalue weighted by Gasteiger charge is 2.30. The molecule has 2 amide bonds. The van der Waals surface area contributed by atoms with Crippen molar-refractivity contribution in [2.75, 3.05) is 17.1 Å². The molecule has 1 N–H and O–H groups in total. The topological polar surface area (TPSA) is 86.8 Å². The molecule has 2 atom stereocenters. The largest absolute Gasteiger partial charge is 0.352 e. The summed E-state index contributed by atoms with van der Waals surface area (Å²) in [7, 11) is -3.75. The van der Waals surface area contributed by atoms with Crippen molar-refractivity contribution in [3.63, 3.8) is 0 Å². The molecular weight excluding hydrogens is 462 g/mol. The molecular formula is C24H32ClN3O4S. The van der Waals surface area contributed by atoms with Crippen molar-refractivity contribution in [3.8, 4) is 0 Å². The molecule has 0 saturated heterocycles. The van der Waals surface area contributed by atoms with Gasteiger partial charge in [0, 0.05) is 17.6 Å². The standard InChI is InChI=1S/C24H32ClN3O4S/c1-6-18(3)26-24(30)19(4)27(15-20-11-7-8-13-22(20)25)23(29)16-28(33(5,31)32)21-12-9-10-17(2)14-21/h7-14,18-19H,6,15-16H2,1-5H3,(H,26,30)/t18-,19-/m1/s1. The number of sulfonamides is 1. The smallest absolute Gasteiger partial charge is 0.244 e. The summed E-state index contributed by atoms with van der Waals surface area (Å²) in [6, 6.07) is 13.1. The normalized spacial score (nSPS) is 13.2. The lowest BCUT2D eigenvalue weighted by atomic mass is 10.1. The number of hydrogen-bond donors (Lipinski definition) is 1. The maximum atomic E-state index is 13.5. The number of rotatable bonds is 10. The molecule has 180 valence electrons. The minimum absolute atomic E-state index is 0.0583. The number of benzene rings is 2. The highest BCUT2D eigenvalue weighted by molar-refractivity contribution is 7.92. The zero-order valence-corrected chi connectivity index (χ0v) is 21.3.